The number of para-hydroxylation sites is 1. The number of hydrogen-bond acceptors (Lipinski definition) is 4. The average Bonchev–Trinajstić information content (AvgIpc) is 3.40. The van der Waals surface area contributed by atoms with Gasteiger partial charge in [0.1, 0.15) is 11.8 Å². The molecular weight excluding hydrogens is 366 g/mol. The van der Waals surface area contributed by atoms with Crippen molar-refractivity contribution in [3.63, 3.8) is 0 Å². The molecular formula is C23H23N3O3. The predicted molar refractivity (Wildman–Crippen MR) is 112 cm³/mol. The van der Waals surface area contributed by atoms with Crippen LogP contribution in [0.1, 0.15) is 22.9 Å². The number of fused-ring (bicyclic) bond motifs is 1. The number of aryl methyl sites for hydroxylation is 1. The van der Waals surface area contributed by atoms with Crippen LogP contribution in [-0.2, 0) is 16.0 Å². The molecule has 0 unspecified atom stereocenters. The van der Waals surface area contributed by atoms with Crippen molar-refractivity contribution >= 4 is 23.2 Å². The fourth-order valence-corrected chi connectivity index (χ4v) is 3.63. The number of carbonyl (C=O) groups excluding carboxylic acids is 2. The van der Waals surface area contributed by atoms with Gasteiger partial charge in [-0.05, 0) is 49.2 Å². The molecule has 1 aliphatic rings. The number of nitrogens with one attached hydrogen (secondary N) is 2. The molecule has 148 valence electrons. The van der Waals surface area contributed by atoms with E-state index in [0.717, 1.165) is 30.0 Å². The number of amides is 2. The SMILES string of the molecule is Cc1ccc(NC(=O)C(=O)NC[C@H](c2ccco2)N2CCc3ccccc32)cc1. The number of furan rings is 1. The van der Waals surface area contributed by atoms with Crippen LogP contribution >= 0.6 is 0 Å². The van der Waals surface area contributed by atoms with E-state index in [9.17, 15) is 9.59 Å². The minimum atomic E-state index is -0.686. The topological polar surface area (TPSA) is 74.6 Å². The maximum absolute atomic E-state index is 12.4. The van der Waals surface area contributed by atoms with Crippen LogP contribution in [0.5, 0.6) is 0 Å². The van der Waals surface area contributed by atoms with Crippen LogP contribution in [0, 0.1) is 6.92 Å². The molecule has 6 nitrogen and oxygen atoms in total. The van der Waals surface area contributed by atoms with E-state index >= 15 is 0 Å². The number of hydrogen-bond donors (Lipinski definition) is 2. The summed E-state index contributed by atoms with van der Waals surface area (Å²) in [6.07, 6.45) is 2.56. The van der Waals surface area contributed by atoms with Crippen LogP contribution in [0.15, 0.2) is 71.3 Å². The van der Waals surface area contributed by atoms with Crippen molar-refractivity contribution in [1.82, 2.24) is 5.32 Å². The minimum Gasteiger partial charge on any atom is -0.467 e. The molecule has 0 aliphatic carbocycles. The van der Waals surface area contributed by atoms with Gasteiger partial charge in [-0.2, -0.15) is 0 Å². The molecule has 0 saturated carbocycles. The summed E-state index contributed by atoms with van der Waals surface area (Å²) >= 11 is 0. The standard InChI is InChI=1S/C23H23N3O3/c1-16-8-10-18(11-9-16)25-23(28)22(27)24-15-20(21-7-4-14-29-21)26-13-12-17-5-2-3-6-19(17)26/h2-11,14,20H,12-13,15H2,1H3,(H,24,27)(H,25,28)/t20-/m1/s1. The summed E-state index contributed by atoms with van der Waals surface area (Å²) in [6, 6.07) is 19.1. The van der Waals surface area contributed by atoms with Gasteiger partial charge in [0.2, 0.25) is 0 Å². The summed E-state index contributed by atoms with van der Waals surface area (Å²) in [5, 5.41) is 5.38. The zero-order valence-corrected chi connectivity index (χ0v) is 16.2. The molecule has 0 fully saturated rings. The molecule has 2 heterocycles. The molecule has 1 atom stereocenters. The monoisotopic (exact) mass is 389 g/mol. The zero-order valence-electron chi connectivity index (χ0n) is 16.2. The van der Waals surface area contributed by atoms with Crippen molar-refractivity contribution in [1.29, 1.82) is 0 Å². The van der Waals surface area contributed by atoms with Crippen molar-refractivity contribution in [2.24, 2.45) is 0 Å². The second-order valence-electron chi connectivity index (χ2n) is 7.13. The lowest BCUT2D eigenvalue weighted by Gasteiger charge is -2.29. The Hall–Kier alpha value is -3.54. The first-order chi connectivity index (χ1) is 14.1. The van der Waals surface area contributed by atoms with E-state index < -0.39 is 11.8 Å². The number of carbonyl (C=O) groups is 2. The lowest BCUT2D eigenvalue weighted by molar-refractivity contribution is -0.136. The summed E-state index contributed by atoms with van der Waals surface area (Å²) in [6.45, 7) is 3.06. The van der Waals surface area contributed by atoms with Gasteiger partial charge in [-0.3, -0.25) is 9.59 Å². The Labute approximate surface area is 169 Å². The smallest absolute Gasteiger partial charge is 0.313 e. The third kappa shape index (κ3) is 4.16. The van der Waals surface area contributed by atoms with Crippen LogP contribution in [0.3, 0.4) is 0 Å². The van der Waals surface area contributed by atoms with Gasteiger partial charge in [0.15, 0.2) is 0 Å². The first kappa shape index (κ1) is 18.8. The molecule has 0 spiro atoms. The Balaban J connectivity index is 1.44. The molecule has 0 bridgehead atoms. The summed E-state index contributed by atoms with van der Waals surface area (Å²) in [5.74, 6) is -0.607. The molecule has 6 heteroatoms. The molecule has 1 aromatic heterocycles. The van der Waals surface area contributed by atoms with E-state index in [1.807, 2.05) is 43.3 Å². The molecule has 0 saturated heterocycles. The molecule has 4 rings (SSSR count). The number of benzene rings is 2. The second-order valence-corrected chi connectivity index (χ2v) is 7.13. The largest absolute Gasteiger partial charge is 0.467 e. The Morgan fingerprint density at radius 1 is 1.03 bits per heavy atom. The van der Waals surface area contributed by atoms with Crippen LogP contribution in [0.25, 0.3) is 0 Å². The third-order valence-corrected chi connectivity index (χ3v) is 5.14. The van der Waals surface area contributed by atoms with Gasteiger partial charge in [0, 0.05) is 24.5 Å². The number of nitrogens with zero attached hydrogens (tertiary/aromatic N) is 1. The van der Waals surface area contributed by atoms with Gasteiger partial charge < -0.3 is 20.0 Å². The lowest BCUT2D eigenvalue weighted by Crippen LogP contribution is -2.41. The second kappa shape index (κ2) is 8.22. The molecule has 2 amide bonds. The quantitative estimate of drug-likeness (QED) is 0.656. The fraction of sp³-hybridized carbons (Fsp3) is 0.217. The highest BCUT2D eigenvalue weighted by Crippen LogP contribution is 2.34. The predicted octanol–water partition coefficient (Wildman–Crippen LogP) is 3.45. The van der Waals surface area contributed by atoms with E-state index in [2.05, 4.69) is 27.7 Å². The van der Waals surface area contributed by atoms with E-state index in [0.29, 0.717) is 5.69 Å². The minimum absolute atomic E-state index is 0.190. The van der Waals surface area contributed by atoms with E-state index in [-0.39, 0.29) is 12.6 Å². The van der Waals surface area contributed by atoms with Gasteiger partial charge in [-0.1, -0.05) is 35.9 Å². The first-order valence-corrected chi connectivity index (χ1v) is 9.65. The van der Waals surface area contributed by atoms with Crippen molar-refractivity contribution in [2.45, 2.75) is 19.4 Å². The Morgan fingerprint density at radius 3 is 2.59 bits per heavy atom. The summed E-state index contributed by atoms with van der Waals surface area (Å²) < 4.78 is 5.63. The van der Waals surface area contributed by atoms with Crippen LogP contribution in [-0.4, -0.2) is 24.9 Å². The average molecular weight is 389 g/mol. The molecule has 2 N–H and O–H groups in total. The maximum Gasteiger partial charge on any atom is 0.313 e. The normalized spacial score (nSPS) is 13.6. The highest BCUT2D eigenvalue weighted by Gasteiger charge is 2.29. The lowest BCUT2D eigenvalue weighted by atomic mass is 10.1. The van der Waals surface area contributed by atoms with E-state index in [1.165, 1.54) is 5.56 Å². The highest BCUT2D eigenvalue weighted by atomic mass is 16.3. The summed E-state index contributed by atoms with van der Waals surface area (Å²) in [5.41, 5.74) is 4.08. The van der Waals surface area contributed by atoms with Crippen LogP contribution in [0.2, 0.25) is 0 Å². The van der Waals surface area contributed by atoms with Crippen LogP contribution < -0.4 is 15.5 Å². The third-order valence-electron chi connectivity index (χ3n) is 5.14. The Morgan fingerprint density at radius 2 is 1.83 bits per heavy atom. The zero-order chi connectivity index (χ0) is 20.2. The first-order valence-electron chi connectivity index (χ1n) is 9.65. The number of rotatable bonds is 5. The number of anilines is 2. The Bertz CT molecular complexity index is 996. The van der Waals surface area contributed by atoms with Gasteiger partial charge in [0.05, 0.1) is 6.26 Å². The van der Waals surface area contributed by atoms with Gasteiger partial charge in [-0.15, -0.1) is 0 Å². The molecule has 3 aromatic rings. The summed E-state index contributed by atoms with van der Waals surface area (Å²) in [4.78, 5) is 26.8. The molecule has 0 radical (unpaired) electrons. The molecule has 2 aromatic carbocycles. The van der Waals surface area contributed by atoms with Gasteiger partial charge in [-0.25, -0.2) is 0 Å². The van der Waals surface area contributed by atoms with E-state index in [4.69, 9.17) is 4.42 Å². The van der Waals surface area contributed by atoms with Crippen molar-refractivity contribution in [3.8, 4) is 0 Å². The van der Waals surface area contributed by atoms with Crippen molar-refractivity contribution in [2.75, 3.05) is 23.3 Å². The van der Waals surface area contributed by atoms with Crippen LogP contribution in [0.4, 0.5) is 11.4 Å². The fourth-order valence-electron chi connectivity index (χ4n) is 3.63. The van der Waals surface area contributed by atoms with Crippen molar-refractivity contribution in [3.05, 3.63) is 83.8 Å². The molecule has 29 heavy (non-hydrogen) atoms. The van der Waals surface area contributed by atoms with E-state index in [1.54, 1.807) is 18.4 Å². The van der Waals surface area contributed by atoms with Crippen molar-refractivity contribution < 1.29 is 14.0 Å². The maximum atomic E-state index is 12.4. The van der Waals surface area contributed by atoms with Gasteiger partial charge in [0.25, 0.3) is 0 Å². The Kier molecular flexibility index (Phi) is 5.33. The molecule has 1 aliphatic heterocycles. The highest BCUT2D eigenvalue weighted by molar-refractivity contribution is 6.39. The summed E-state index contributed by atoms with van der Waals surface area (Å²) in [7, 11) is 0. The van der Waals surface area contributed by atoms with Gasteiger partial charge >= 0.3 is 11.8 Å².